The molecule has 2 heterocycles. The van der Waals surface area contributed by atoms with Crippen molar-refractivity contribution in [3.05, 3.63) is 47.5 Å². The van der Waals surface area contributed by atoms with E-state index in [2.05, 4.69) is 9.98 Å². The normalized spacial score (nSPS) is 15.4. The maximum absolute atomic E-state index is 12.6. The van der Waals surface area contributed by atoms with Crippen molar-refractivity contribution < 1.29 is 66.5 Å². The number of carbonyl (C=O) groups excluding carboxylic acids is 2. The van der Waals surface area contributed by atoms with Gasteiger partial charge >= 0.3 is 29.6 Å². The van der Waals surface area contributed by atoms with Crippen molar-refractivity contribution in [3.63, 3.8) is 0 Å². The van der Waals surface area contributed by atoms with Crippen LogP contribution < -0.4 is 29.6 Å². The number of Topliss-reactive ketones (excluding diaryl/α,β-unsaturated/α-hetero) is 2. The number of aliphatic imine (C=N–C) groups is 2. The third-order valence-corrected chi connectivity index (χ3v) is 5.84. The number of hydrogen-bond acceptors (Lipinski definition) is 8. The van der Waals surface area contributed by atoms with Crippen LogP contribution in [0.1, 0.15) is 22.1 Å². The summed E-state index contributed by atoms with van der Waals surface area (Å²) >= 11 is 0. The maximum atomic E-state index is 12.6. The van der Waals surface area contributed by atoms with Crippen LogP contribution in [0, 0.1) is 0 Å². The van der Waals surface area contributed by atoms with Crippen LogP contribution in [-0.4, -0.2) is 48.9 Å². The first kappa shape index (κ1) is 21.6. The van der Waals surface area contributed by atoms with E-state index in [4.69, 9.17) is 9.11 Å². The van der Waals surface area contributed by atoms with Gasteiger partial charge in [-0.2, -0.15) is 16.8 Å². The second-order valence-corrected chi connectivity index (χ2v) is 8.73. The Balaban J connectivity index is 0.00000160. The SMILES string of the molecule is O=C1C(C2=Nc3ccc(S(=O)(=O)O)cc3C2=O)=Nc2ccc(S(=O)(=O)O)cc21.[H-].[Na+]. The molecule has 0 unspecified atom stereocenters. The van der Waals surface area contributed by atoms with Crippen LogP contribution in [0.3, 0.4) is 0 Å². The number of rotatable bonds is 3. The molecule has 0 atom stereocenters. The molecule has 2 aliphatic heterocycles. The van der Waals surface area contributed by atoms with E-state index >= 15 is 0 Å². The van der Waals surface area contributed by atoms with Gasteiger partial charge in [0.05, 0.1) is 32.3 Å². The van der Waals surface area contributed by atoms with E-state index in [1.54, 1.807) is 0 Å². The van der Waals surface area contributed by atoms with Crippen LogP contribution in [0.5, 0.6) is 0 Å². The van der Waals surface area contributed by atoms with Crippen LogP contribution >= 0.6 is 0 Å². The predicted octanol–water partition coefficient (Wildman–Crippen LogP) is -1.47. The molecule has 10 nitrogen and oxygen atoms in total. The molecule has 0 bridgehead atoms. The Hall–Kier alpha value is -2.06. The molecular formula is C16H9N2NaO8S2. The molecule has 2 aliphatic rings. The van der Waals surface area contributed by atoms with Crippen LogP contribution in [0.4, 0.5) is 11.4 Å². The van der Waals surface area contributed by atoms with Crippen molar-refractivity contribution >= 4 is 54.6 Å². The van der Waals surface area contributed by atoms with E-state index in [1.165, 1.54) is 12.1 Å². The van der Waals surface area contributed by atoms with Crippen LogP contribution in [0.15, 0.2) is 56.2 Å². The van der Waals surface area contributed by atoms with Gasteiger partial charge in [-0.15, -0.1) is 0 Å². The molecule has 0 saturated heterocycles. The fourth-order valence-corrected chi connectivity index (χ4v) is 3.84. The number of carbonyl (C=O) groups is 2. The molecule has 0 fully saturated rings. The van der Waals surface area contributed by atoms with Crippen molar-refractivity contribution in [2.24, 2.45) is 9.98 Å². The van der Waals surface area contributed by atoms with Crippen LogP contribution in [0.2, 0.25) is 0 Å². The van der Waals surface area contributed by atoms with Gasteiger partial charge in [0.25, 0.3) is 20.2 Å². The van der Waals surface area contributed by atoms with Crippen molar-refractivity contribution in [1.29, 1.82) is 0 Å². The van der Waals surface area contributed by atoms with Crippen LogP contribution in [-0.2, 0) is 20.2 Å². The maximum Gasteiger partial charge on any atom is 1.00 e. The van der Waals surface area contributed by atoms with E-state index in [9.17, 15) is 26.4 Å². The predicted molar refractivity (Wildman–Crippen MR) is 96.5 cm³/mol. The molecule has 0 saturated carbocycles. The number of nitrogens with zero attached hydrogens (tertiary/aromatic N) is 2. The Morgan fingerprint density at radius 2 is 1.03 bits per heavy atom. The summed E-state index contributed by atoms with van der Waals surface area (Å²) in [5.74, 6) is -1.54. The van der Waals surface area contributed by atoms with Crippen molar-refractivity contribution in [2.45, 2.75) is 9.79 Å². The smallest absolute Gasteiger partial charge is 1.00 e. The molecule has 2 aromatic carbocycles. The quantitative estimate of drug-likeness (QED) is 0.427. The Morgan fingerprint density at radius 1 is 0.690 bits per heavy atom. The first-order chi connectivity index (χ1) is 13.0. The molecule has 0 aliphatic carbocycles. The van der Waals surface area contributed by atoms with E-state index in [1.807, 2.05) is 0 Å². The average molecular weight is 444 g/mol. The number of fused-ring (bicyclic) bond motifs is 2. The molecule has 0 aromatic heterocycles. The molecule has 4 rings (SSSR count). The Kier molecular flexibility index (Phi) is 5.24. The van der Waals surface area contributed by atoms with Crippen molar-refractivity contribution in [3.8, 4) is 0 Å². The van der Waals surface area contributed by atoms with Gasteiger partial charge in [-0.25, -0.2) is 9.98 Å². The van der Waals surface area contributed by atoms with Crippen molar-refractivity contribution in [1.82, 2.24) is 0 Å². The van der Waals surface area contributed by atoms with Gasteiger partial charge in [0.15, 0.2) is 0 Å². The van der Waals surface area contributed by atoms with E-state index in [0.29, 0.717) is 0 Å². The summed E-state index contributed by atoms with van der Waals surface area (Å²) < 4.78 is 63.2. The van der Waals surface area contributed by atoms with Gasteiger partial charge in [-0.1, -0.05) is 0 Å². The summed E-state index contributed by atoms with van der Waals surface area (Å²) in [6.45, 7) is 0. The average Bonchev–Trinajstić information content (AvgIpc) is 3.10. The second kappa shape index (κ2) is 7.02. The molecule has 144 valence electrons. The van der Waals surface area contributed by atoms with E-state index in [0.717, 1.165) is 24.3 Å². The summed E-state index contributed by atoms with van der Waals surface area (Å²) in [5.41, 5.74) is -0.741. The first-order valence-electron chi connectivity index (χ1n) is 7.47. The van der Waals surface area contributed by atoms with Gasteiger partial charge in [0.1, 0.15) is 11.4 Å². The monoisotopic (exact) mass is 444 g/mol. The number of hydrogen-bond donors (Lipinski definition) is 2. The van der Waals surface area contributed by atoms with Crippen molar-refractivity contribution in [2.75, 3.05) is 0 Å². The van der Waals surface area contributed by atoms with Crippen LogP contribution in [0.25, 0.3) is 0 Å². The molecule has 29 heavy (non-hydrogen) atoms. The van der Waals surface area contributed by atoms with Gasteiger partial charge in [0.2, 0.25) is 11.6 Å². The second-order valence-electron chi connectivity index (χ2n) is 5.89. The Bertz CT molecular complexity index is 1290. The summed E-state index contributed by atoms with van der Waals surface area (Å²) in [5, 5.41) is 0. The zero-order chi connectivity index (χ0) is 20.4. The minimum Gasteiger partial charge on any atom is -1.00 e. The fourth-order valence-electron chi connectivity index (χ4n) is 2.83. The minimum absolute atomic E-state index is 0. The first-order valence-corrected chi connectivity index (χ1v) is 10.3. The molecule has 0 spiro atoms. The molecule has 2 aromatic rings. The van der Waals surface area contributed by atoms with Gasteiger partial charge in [0, 0.05) is 0 Å². The Labute approximate surface area is 187 Å². The van der Waals surface area contributed by atoms with E-state index in [-0.39, 0.29) is 64.9 Å². The topological polar surface area (TPSA) is 168 Å². The molecule has 0 amide bonds. The fraction of sp³-hybridized carbons (Fsp3) is 0. The Morgan fingerprint density at radius 3 is 1.34 bits per heavy atom. The van der Waals surface area contributed by atoms with Gasteiger partial charge < -0.3 is 1.43 Å². The summed E-state index contributed by atoms with van der Waals surface area (Å²) in [7, 11) is -9.08. The summed E-state index contributed by atoms with van der Waals surface area (Å²) in [6.07, 6.45) is 0. The summed E-state index contributed by atoms with van der Waals surface area (Å²) in [4.78, 5) is 32.2. The minimum atomic E-state index is -4.54. The molecule has 2 N–H and O–H groups in total. The zero-order valence-electron chi connectivity index (χ0n) is 15.5. The zero-order valence-corrected chi connectivity index (χ0v) is 18.2. The molecule has 0 radical (unpaired) electrons. The van der Waals surface area contributed by atoms with E-state index < -0.39 is 41.6 Å². The third kappa shape index (κ3) is 3.64. The number of benzene rings is 2. The molecule has 13 heteroatoms. The van der Waals surface area contributed by atoms with Gasteiger partial charge in [-0.3, -0.25) is 18.7 Å². The molecular weight excluding hydrogens is 435 g/mol. The standard InChI is InChI=1S/C16H8N2O8S2.Na.H/c19-15-9-5-7(27(21,22)23)1-3-11(9)17-13(15)14-16(20)10-6-8(28(24,25)26)2-4-12(10)18-14;;/h1-6H,(H,21,22,23)(H,24,25,26);;/q;+1;-1. The summed E-state index contributed by atoms with van der Waals surface area (Å²) in [6, 6.07) is 6.39. The third-order valence-electron chi connectivity index (χ3n) is 4.14. The largest absolute Gasteiger partial charge is 1.00 e. The van der Waals surface area contributed by atoms with Gasteiger partial charge in [-0.05, 0) is 36.4 Å². The number of ketones is 2.